The lowest BCUT2D eigenvalue weighted by Crippen LogP contribution is -2.15. The van der Waals surface area contributed by atoms with Crippen LogP contribution in [0.4, 0.5) is 0 Å². The molecule has 2 aromatic rings. The molecule has 0 aliphatic rings. The zero-order valence-corrected chi connectivity index (χ0v) is 11.8. The number of hydrogen-bond donors (Lipinski definition) is 1. The molecular formula is C14H14N2O3S. The lowest BCUT2D eigenvalue weighted by atomic mass is 10.1. The van der Waals surface area contributed by atoms with Crippen molar-refractivity contribution in [3.63, 3.8) is 0 Å². The van der Waals surface area contributed by atoms with Gasteiger partial charge in [-0.05, 0) is 12.1 Å². The Hall–Kier alpha value is -2.05. The number of esters is 1. The number of nitrogens with zero attached hydrogens (tertiary/aromatic N) is 1. The summed E-state index contributed by atoms with van der Waals surface area (Å²) in [6.07, 6.45) is 0.248. The van der Waals surface area contributed by atoms with Gasteiger partial charge in [0.2, 0.25) is 0 Å². The topological polar surface area (TPSA) is 82.3 Å². The summed E-state index contributed by atoms with van der Waals surface area (Å²) in [7, 11) is 1.34. The number of rotatable bonds is 5. The molecule has 0 aliphatic heterocycles. The van der Waals surface area contributed by atoms with Crippen LogP contribution in [0, 0.1) is 0 Å². The molecule has 0 bridgehead atoms. The van der Waals surface area contributed by atoms with Crippen LogP contribution in [0.1, 0.15) is 15.4 Å². The van der Waals surface area contributed by atoms with Crippen LogP contribution in [-0.2, 0) is 16.0 Å². The van der Waals surface area contributed by atoms with Gasteiger partial charge in [-0.25, -0.2) is 9.78 Å². The number of aromatic nitrogens is 1. The van der Waals surface area contributed by atoms with E-state index in [0.717, 1.165) is 16.3 Å². The fraction of sp³-hybridized carbons (Fsp3) is 0.214. The van der Waals surface area contributed by atoms with Gasteiger partial charge in [0.15, 0.2) is 5.78 Å². The molecule has 104 valence electrons. The summed E-state index contributed by atoms with van der Waals surface area (Å²) >= 11 is 1.40. The van der Waals surface area contributed by atoms with Crippen molar-refractivity contribution in [2.75, 3.05) is 13.7 Å². The van der Waals surface area contributed by atoms with Gasteiger partial charge in [-0.2, -0.15) is 0 Å². The van der Waals surface area contributed by atoms with E-state index in [2.05, 4.69) is 9.72 Å². The largest absolute Gasteiger partial charge is 0.465 e. The number of carbonyl (C=O) groups excluding carboxylic acids is 2. The molecule has 0 atom stereocenters. The fourth-order valence-corrected chi connectivity index (χ4v) is 2.52. The van der Waals surface area contributed by atoms with Gasteiger partial charge in [0, 0.05) is 10.9 Å². The van der Waals surface area contributed by atoms with Gasteiger partial charge in [-0.15, -0.1) is 11.3 Å². The molecule has 0 aliphatic carbocycles. The average Bonchev–Trinajstić information content (AvgIpc) is 2.94. The van der Waals surface area contributed by atoms with E-state index in [1.807, 2.05) is 11.4 Å². The second kappa shape index (κ2) is 6.40. The number of carbonyl (C=O) groups is 2. The highest BCUT2D eigenvalue weighted by Gasteiger charge is 2.10. The van der Waals surface area contributed by atoms with Crippen molar-refractivity contribution in [3.05, 3.63) is 40.2 Å². The van der Waals surface area contributed by atoms with Crippen LogP contribution in [-0.4, -0.2) is 30.4 Å². The molecule has 0 radical (unpaired) electrons. The maximum absolute atomic E-state index is 11.5. The smallest absolute Gasteiger partial charge is 0.337 e. The first-order valence-corrected chi connectivity index (χ1v) is 6.87. The van der Waals surface area contributed by atoms with Gasteiger partial charge in [0.1, 0.15) is 5.01 Å². The van der Waals surface area contributed by atoms with Gasteiger partial charge < -0.3 is 10.5 Å². The maximum Gasteiger partial charge on any atom is 0.337 e. The summed E-state index contributed by atoms with van der Waals surface area (Å²) in [5.74, 6) is -0.435. The molecule has 1 heterocycles. The number of Topliss-reactive ketones (excluding diaryl/α,β-unsaturated/α-hetero) is 1. The van der Waals surface area contributed by atoms with Gasteiger partial charge in [0.25, 0.3) is 0 Å². The first-order chi connectivity index (χ1) is 9.63. The highest BCUT2D eigenvalue weighted by atomic mass is 32.1. The molecule has 1 aromatic carbocycles. The van der Waals surface area contributed by atoms with Crippen molar-refractivity contribution in [2.45, 2.75) is 6.42 Å². The lowest BCUT2D eigenvalue weighted by molar-refractivity contribution is -0.117. The Morgan fingerprint density at radius 3 is 2.90 bits per heavy atom. The third-order valence-corrected chi connectivity index (χ3v) is 3.56. The number of hydrogen-bond acceptors (Lipinski definition) is 6. The first kappa shape index (κ1) is 14.4. The molecule has 0 saturated heterocycles. The second-order valence-corrected chi connectivity index (χ2v) is 5.06. The van der Waals surface area contributed by atoms with Crippen molar-refractivity contribution in [1.82, 2.24) is 4.98 Å². The Balaban J connectivity index is 2.24. The molecule has 6 heteroatoms. The van der Waals surface area contributed by atoms with Crippen LogP contribution in [0.3, 0.4) is 0 Å². The molecule has 2 rings (SSSR count). The maximum atomic E-state index is 11.5. The summed E-state index contributed by atoms with van der Waals surface area (Å²) in [6, 6.07) is 7.03. The number of methoxy groups -OCH3 is 1. The Labute approximate surface area is 120 Å². The van der Waals surface area contributed by atoms with E-state index in [1.165, 1.54) is 18.4 Å². The highest BCUT2D eigenvalue weighted by Crippen LogP contribution is 2.23. The van der Waals surface area contributed by atoms with E-state index in [0.29, 0.717) is 5.56 Å². The van der Waals surface area contributed by atoms with E-state index in [1.54, 1.807) is 18.2 Å². The number of ketones is 1. The third-order valence-electron chi connectivity index (χ3n) is 2.71. The summed E-state index contributed by atoms with van der Waals surface area (Å²) < 4.78 is 4.68. The van der Waals surface area contributed by atoms with E-state index >= 15 is 0 Å². The summed E-state index contributed by atoms with van der Waals surface area (Å²) in [6.45, 7) is 0.0206. The van der Waals surface area contributed by atoms with E-state index in [-0.39, 0.29) is 24.7 Å². The minimum Gasteiger partial charge on any atom is -0.465 e. The minimum absolute atomic E-state index is 0.0206. The van der Waals surface area contributed by atoms with Crippen LogP contribution >= 0.6 is 11.3 Å². The minimum atomic E-state index is -0.388. The van der Waals surface area contributed by atoms with Crippen molar-refractivity contribution in [1.29, 1.82) is 0 Å². The van der Waals surface area contributed by atoms with Crippen LogP contribution < -0.4 is 5.73 Å². The summed E-state index contributed by atoms with van der Waals surface area (Å²) in [4.78, 5) is 27.2. The van der Waals surface area contributed by atoms with Gasteiger partial charge >= 0.3 is 5.97 Å². The van der Waals surface area contributed by atoms with Crippen molar-refractivity contribution < 1.29 is 14.3 Å². The number of nitrogens with two attached hydrogens (primary N) is 1. The van der Waals surface area contributed by atoms with Gasteiger partial charge in [-0.1, -0.05) is 12.1 Å². The molecule has 0 amide bonds. The molecule has 2 N–H and O–H groups in total. The average molecular weight is 290 g/mol. The SMILES string of the molecule is COC(=O)c1cccc(-c2csc(CC(=O)CN)n2)c1. The normalized spacial score (nSPS) is 10.3. The molecule has 20 heavy (non-hydrogen) atoms. The number of ether oxygens (including phenoxy) is 1. The molecule has 5 nitrogen and oxygen atoms in total. The molecule has 0 fully saturated rings. The number of benzene rings is 1. The Morgan fingerprint density at radius 1 is 1.40 bits per heavy atom. The van der Waals surface area contributed by atoms with Crippen LogP contribution in [0.5, 0.6) is 0 Å². The van der Waals surface area contributed by atoms with Crippen molar-refractivity contribution in [2.24, 2.45) is 5.73 Å². The van der Waals surface area contributed by atoms with Crippen LogP contribution in [0.15, 0.2) is 29.6 Å². The Kier molecular flexibility index (Phi) is 4.60. The number of thiazole rings is 1. The molecule has 0 saturated carbocycles. The highest BCUT2D eigenvalue weighted by molar-refractivity contribution is 7.10. The van der Waals surface area contributed by atoms with E-state index in [4.69, 9.17) is 5.73 Å². The second-order valence-electron chi connectivity index (χ2n) is 4.12. The Bertz CT molecular complexity index is 637. The van der Waals surface area contributed by atoms with Crippen LogP contribution in [0.25, 0.3) is 11.3 Å². The van der Waals surface area contributed by atoms with Gasteiger partial charge in [-0.3, -0.25) is 4.79 Å². The quantitative estimate of drug-likeness (QED) is 0.847. The third kappa shape index (κ3) is 3.28. The molecule has 0 unspecified atom stereocenters. The predicted octanol–water partition coefficient (Wildman–Crippen LogP) is 1.67. The van der Waals surface area contributed by atoms with E-state index in [9.17, 15) is 9.59 Å². The molecule has 0 spiro atoms. The van der Waals surface area contributed by atoms with Crippen molar-refractivity contribution in [3.8, 4) is 11.3 Å². The zero-order valence-electron chi connectivity index (χ0n) is 11.0. The first-order valence-electron chi connectivity index (χ1n) is 5.99. The zero-order chi connectivity index (χ0) is 14.5. The van der Waals surface area contributed by atoms with Crippen LogP contribution in [0.2, 0.25) is 0 Å². The molecule has 1 aromatic heterocycles. The lowest BCUT2D eigenvalue weighted by Gasteiger charge is -2.01. The molecular weight excluding hydrogens is 276 g/mol. The standard InChI is InChI=1S/C14H14N2O3S/c1-19-14(18)10-4-2-3-9(5-10)12-8-20-13(16-12)6-11(17)7-15/h2-5,8H,6-7,15H2,1H3. The predicted molar refractivity (Wildman–Crippen MR) is 76.7 cm³/mol. The Morgan fingerprint density at radius 2 is 2.20 bits per heavy atom. The van der Waals surface area contributed by atoms with Crippen molar-refractivity contribution >= 4 is 23.1 Å². The monoisotopic (exact) mass is 290 g/mol. The van der Waals surface area contributed by atoms with Gasteiger partial charge in [0.05, 0.1) is 31.3 Å². The summed E-state index contributed by atoms with van der Waals surface area (Å²) in [5, 5.41) is 2.58. The summed E-state index contributed by atoms with van der Waals surface area (Å²) in [5.41, 5.74) is 7.30. The fourth-order valence-electron chi connectivity index (χ4n) is 1.69. The van der Waals surface area contributed by atoms with E-state index < -0.39 is 0 Å².